The number of anilines is 1. The predicted molar refractivity (Wildman–Crippen MR) is 127 cm³/mol. The van der Waals surface area contributed by atoms with Crippen molar-refractivity contribution in [2.24, 2.45) is 5.73 Å². The smallest absolute Gasteiger partial charge is 0.341 e. The van der Waals surface area contributed by atoms with Crippen LogP contribution in [0.4, 0.5) is 5.69 Å². The summed E-state index contributed by atoms with van der Waals surface area (Å²) in [5.41, 5.74) is 6.90. The maximum absolute atomic E-state index is 13.0. The molecule has 1 unspecified atom stereocenters. The molecule has 0 heterocycles. The highest BCUT2D eigenvalue weighted by molar-refractivity contribution is 5.95. The molecule has 0 saturated carbocycles. The van der Waals surface area contributed by atoms with E-state index in [0.717, 1.165) is 6.92 Å². The summed E-state index contributed by atoms with van der Waals surface area (Å²) in [6.07, 6.45) is 0.374. The zero-order valence-electron chi connectivity index (χ0n) is 19.6. The van der Waals surface area contributed by atoms with Crippen LogP contribution < -0.4 is 25.3 Å². The van der Waals surface area contributed by atoms with E-state index in [4.69, 9.17) is 35.2 Å². The molecule has 0 saturated heterocycles. The summed E-state index contributed by atoms with van der Waals surface area (Å²) in [7, 11) is 0. The number of carbonyl (C=O) groups excluding carboxylic acids is 2. The van der Waals surface area contributed by atoms with Gasteiger partial charge in [0.2, 0.25) is 0 Å². The van der Waals surface area contributed by atoms with Gasteiger partial charge < -0.3 is 35.1 Å². The topological polar surface area (TPSA) is 153 Å². The Labute approximate surface area is 198 Å². The Kier molecular flexibility index (Phi) is 10.2. The third-order valence-corrected chi connectivity index (χ3v) is 4.53. The number of amidine groups is 1. The first-order chi connectivity index (χ1) is 16.3. The summed E-state index contributed by atoms with van der Waals surface area (Å²) in [6.45, 7) is 5.64. The van der Waals surface area contributed by atoms with Gasteiger partial charge in [0.05, 0.1) is 19.8 Å². The van der Waals surface area contributed by atoms with E-state index < -0.39 is 18.0 Å². The maximum atomic E-state index is 13.0. The van der Waals surface area contributed by atoms with Crippen LogP contribution in [0.1, 0.15) is 44.4 Å². The van der Waals surface area contributed by atoms with Gasteiger partial charge in [0.15, 0.2) is 17.5 Å². The summed E-state index contributed by atoms with van der Waals surface area (Å²) in [5, 5.41) is 19.7. The third kappa shape index (κ3) is 7.38. The number of hydrogen-bond acceptors (Lipinski definition) is 9. The second-order valence-electron chi connectivity index (χ2n) is 7.11. The quantitative estimate of drug-likeness (QED) is 0.113. The maximum Gasteiger partial charge on any atom is 0.341 e. The van der Waals surface area contributed by atoms with Crippen LogP contribution in [0.25, 0.3) is 0 Å². The molecule has 0 amide bonds. The van der Waals surface area contributed by atoms with E-state index in [-0.39, 0.29) is 19.0 Å². The van der Waals surface area contributed by atoms with Crippen LogP contribution in [-0.4, -0.2) is 49.3 Å². The normalized spacial score (nSPS) is 11.3. The second-order valence-corrected chi connectivity index (χ2v) is 7.11. The number of nitrogens with two attached hydrogens (primary N) is 1. The number of benzene rings is 2. The molecular weight excluding hydrogens is 442 g/mol. The molecule has 0 aliphatic carbocycles. The van der Waals surface area contributed by atoms with Crippen molar-refractivity contribution in [1.29, 1.82) is 5.41 Å². The number of carbonyl (C=O) groups is 2. The Morgan fingerprint density at radius 2 is 1.65 bits per heavy atom. The molecule has 10 heteroatoms. The molecule has 0 fully saturated rings. The van der Waals surface area contributed by atoms with Crippen molar-refractivity contribution in [3.63, 3.8) is 0 Å². The standard InChI is InChI=1S/C24H31N3O7/c1-4-31-20-13-18(19(33-12-6-11-28)14-21(20)32-5-2)22(24(30)34-15(3)29)27-17-9-7-16(8-10-17)23(25)26/h7-10,13-14,22,27-28H,4-6,11-12H2,1-3H3,(H3,25,26). The van der Waals surface area contributed by atoms with Crippen molar-refractivity contribution >= 4 is 23.5 Å². The van der Waals surface area contributed by atoms with Crippen LogP contribution in [0, 0.1) is 5.41 Å². The van der Waals surface area contributed by atoms with Gasteiger partial charge >= 0.3 is 11.9 Å². The minimum absolute atomic E-state index is 0.0682. The van der Waals surface area contributed by atoms with Crippen LogP contribution in [0.15, 0.2) is 36.4 Å². The molecule has 0 spiro atoms. The molecular formula is C24H31N3O7. The molecule has 0 bridgehead atoms. The van der Waals surface area contributed by atoms with Gasteiger partial charge in [-0.2, -0.15) is 0 Å². The number of nitrogens with one attached hydrogen (secondary N) is 2. The predicted octanol–water partition coefficient (Wildman–Crippen LogP) is 2.77. The fourth-order valence-corrected chi connectivity index (χ4v) is 3.07. The van der Waals surface area contributed by atoms with Crippen LogP contribution in [-0.2, 0) is 14.3 Å². The Bertz CT molecular complexity index is 993. The highest BCUT2D eigenvalue weighted by Crippen LogP contribution is 2.39. The Morgan fingerprint density at radius 1 is 1.03 bits per heavy atom. The van der Waals surface area contributed by atoms with Crippen molar-refractivity contribution in [3.05, 3.63) is 47.5 Å². The van der Waals surface area contributed by atoms with Gasteiger partial charge in [-0.3, -0.25) is 10.2 Å². The fraction of sp³-hybridized carbons (Fsp3) is 0.375. The van der Waals surface area contributed by atoms with Crippen molar-refractivity contribution in [2.45, 2.75) is 33.2 Å². The van der Waals surface area contributed by atoms with E-state index in [1.165, 1.54) is 0 Å². The molecule has 2 aromatic rings. The van der Waals surface area contributed by atoms with Gasteiger partial charge in [-0.25, -0.2) is 4.79 Å². The van der Waals surface area contributed by atoms with Gasteiger partial charge in [0.25, 0.3) is 0 Å². The zero-order chi connectivity index (χ0) is 25.1. The van der Waals surface area contributed by atoms with E-state index in [9.17, 15) is 9.59 Å². The van der Waals surface area contributed by atoms with Gasteiger partial charge in [-0.15, -0.1) is 0 Å². The van der Waals surface area contributed by atoms with E-state index in [0.29, 0.717) is 53.7 Å². The summed E-state index contributed by atoms with van der Waals surface area (Å²) in [5.74, 6) is -0.575. The largest absolute Gasteiger partial charge is 0.493 e. The fourth-order valence-electron chi connectivity index (χ4n) is 3.07. The lowest BCUT2D eigenvalue weighted by Crippen LogP contribution is -2.26. The average molecular weight is 474 g/mol. The average Bonchev–Trinajstić information content (AvgIpc) is 2.79. The molecule has 0 aliphatic rings. The number of esters is 2. The highest BCUT2D eigenvalue weighted by atomic mass is 16.6. The first kappa shape index (κ1) is 26.5. The number of rotatable bonds is 13. The van der Waals surface area contributed by atoms with Crippen molar-refractivity contribution in [2.75, 3.05) is 31.7 Å². The monoisotopic (exact) mass is 473 g/mol. The lowest BCUT2D eigenvalue weighted by molar-refractivity contribution is -0.158. The van der Waals surface area contributed by atoms with E-state index in [2.05, 4.69) is 5.32 Å². The van der Waals surface area contributed by atoms with Crippen molar-refractivity contribution in [1.82, 2.24) is 0 Å². The number of aliphatic hydroxyl groups excluding tert-OH is 1. The van der Waals surface area contributed by atoms with Crippen LogP contribution in [0.3, 0.4) is 0 Å². The molecule has 10 nitrogen and oxygen atoms in total. The summed E-state index contributed by atoms with van der Waals surface area (Å²) < 4.78 is 22.1. The van der Waals surface area contributed by atoms with Crippen LogP contribution >= 0.6 is 0 Å². The highest BCUT2D eigenvalue weighted by Gasteiger charge is 2.29. The lowest BCUT2D eigenvalue weighted by atomic mass is 10.0. The Hall–Kier alpha value is -3.79. The van der Waals surface area contributed by atoms with E-state index in [1.807, 2.05) is 13.8 Å². The molecule has 0 aliphatic heterocycles. The molecule has 2 aromatic carbocycles. The first-order valence-electron chi connectivity index (χ1n) is 10.9. The second kappa shape index (κ2) is 13.0. The minimum Gasteiger partial charge on any atom is -0.493 e. The summed E-state index contributed by atoms with van der Waals surface area (Å²) in [6, 6.07) is 8.61. The van der Waals surface area contributed by atoms with Crippen molar-refractivity contribution in [3.8, 4) is 17.2 Å². The Balaban J connectivity index is 2.57. The number of nitrogen functional groups attached to an aromatic ring is 1. The van der Waals surface area contributed by atoms with Gasteiger partial charge in [-0.1, -0.05) is 0 Å². The zero-order valence-corrected chi connectivity index (χ0v) is 19.6. The number of aliphatic hydroxyl groups is 1. The minimum atomic E-state index is -1.15. The van der Waals surface area contributed by atoms with E-state index >= 15 is 0 Å². The van der Waals surface area contributed by atoms with Gasteiger partial charge in [0, 0.05) is 42.8 Å². The number of hydrogen-bond donors (Lipinski definition) is 4. The van der Waals surface area contributed by atoms with Gasteiger partial charge in [0.1, 0.15) is 11.6 Å². The Morgan fingerprint density at radius 3 is 2.18 bits per heavy atom. The molecule has 2 rings (SSSR count). The molecule has 5 N–H and O–H groups in total. The summed E-state index contributed by atoms with van der Waals surface area (Å²) >= 11 is 0. The third-order valence-electron chi connectivity index (χ3n) is 4.53. The SMILES string of the molecule is CCOc1cc(OCCCO)c(C(Nc2ccc(C(=N)N)cc2)C(=O)OC(C)=O)cc1OCC. The van der Waals surface area contributed by atoms with Crippen molar-refractivity contribution < 1.29 is 33.6 Å². The summed E-state index contributed by atoms with van der Waals surface area (Å²) in [4.78, 5) is 24.5. The molecule has 184 valence electrons. The van der Waals surface area contributed by atoms with Crippen LogP contribution in [0.2, 0.25) is 0 Å². The molecule has 0 aromatic heterocycles. The van der Waals surface area contributed by atoms with Gasteiger partial charge in [-0.05, 0) is 44.2 Å². The van der Waals surface area contributed by atoms with E-state index in [1.54, 1.807) is 36.4 Å². The molecule has 34 heavy (non-hydrogen) atoms. The molecule has 1 atom stereocenters. The lowest BCUT2D eigenvalue weighted by Gasteiger charge is -2.23. The first-order valence-corrected chi connectivity index (χ1v) is 10.9. The van der Waals surface area contributed by atoms with Crippen LogP contribution in [0.5, 0.6) is 17.2 Å². The molecule has 0 radical (unpaired) electrons. The number of ether oxygens (including phenoxy) is 4.